The zero-order valence-corrected chi connectivity index (χ0v) is 14.2. The van der Waals surface area contributed by atoms with E-state index in [9.17, 15) is 14.4 Å². The fourth-order valence-electron chi connectivity index (χ4n) is 2.67. The molecule has 0 aromatic heterocycles. The molecule has 0 radical (unpaired) electrons. The van der Waals surface area contributed by atoms with E-state index in [4.69, 9.17) is 9.47 Å². The number of imide groups is 1. The van der Waals surface area contributed by atoms with Crippen molar-refractivity contribution in [3.8, 4) is 5.75 Å². The summed E-state index contributed by atoms with van der Waals surface area (Å²) in [5.74, 6) is -0.672. The van der Waals surface area contributed by atoms with Gasteiger partial charge in [0.1, 0.15) is 12.4 Å². The molecule has 2 aromatic rings. The summed E-state index contributed by atoms with van der Waals surface area (Å²) in [5, 5.41) is 0. The lowest BCUT2D eigenvalue weighted by atomic mass is 10.1. The highest BCUT2D eigenvalue weighted by Gasteiger charge is 2.35. The van der Waals surface area contributed by atoms with Gasteiger partial charge in [0, 0.05) is 6.54 Å². The lowest BCUT2D eigenvalue weighted by Gasteiger charge is -2.09. The zero-order valence-electron chi connectivity index (χ0n) is 14.2. The van der Waals surface area contributed by atoms with Gasteiger partial charge in [0.05, 0.1) is 23.8 Å². The monoisotopic (exact) mass is 351 g/mol. The van der Waals surface area contributed by atoms with Gasteiger partial charge in [0.25, 0.3) is 11.8 Å². The van der Waals surface area contributed by atoms with Gasteiger partial charge < -0.3 is 9.47 Å². The summed E-state index contributed by atoms with van der Waals surface area (Å²) in [4.78, 5) is 37.8. The average molecular weight is 351 g/mol. The lowest BCUT2D eigenvalue weighted by molar-refractivity contribution is 0.0472. The summed E-state index contributed by atoms with van der Waals surface area (Å²) in [6.45, 7) is 3.76. The SMILES string of the molecule is C=CCN1C(=O)c2ccc(C(=O)OCc3ccc(OC)cc3)cc2C1=O. The number of amides is 2. The average Bonchev–Trinajstić information content (AvgIpc) is 2.91. The first-order chi connectivity index (χ1) is 12.5. The number of nitrogens with zero attached hydrogens (tertiary/aromatic N) is 1. The minimum atomic E-state index is -0.564. The van der Waals surface area contributed by atoms with Crippen LogP contribution in [0.15, 0.2) is 55.1 Å². The van der Waals surface area contributed by atoms with Crippen molar-refractivity contribution in [1.29, 1.82) is 0 Å². The lowest BCUT2D eigenvalue weighted by Crippen LogP contribution is -2.29. The normalized spacial score (nSPS) is 12.7. The number of rotatable bonds is 6. The molecule has 2 aromatic carbocycles. The highest BCUT2D eigenvalue weighted by molar-refractivity contribution is 6.22. The van der Waals surface area contributed by atoms with Gasteiger partial charge in [-0.25, -0.2) is 4.79 Å². The molecule has 132 valence electrons. The summed E-state index contributed by atoms with van der Waals surface area (Å²) in [7, 11) is 1.57. The van der Waals surface area contributed by atoms with E-state index >= 15 is 0 Å². The summed E-state index contributed by atoms with van der Waals surface area (Å²) >= 11 is 0. The fourth-order valence-corrected chi connectivity index (χ4v) is 2.67. The molecule has 6 heteroatoms. The van der Waals surface area contributed by atoms with Crippen LogP contribution in [0.2, 0.25) is 0 Å². The molecule has 26 heavy (non-hydrogen) atoms. The van der Waals surface area contributed by atoms with Crippen LogP contribution in [0.4, 0.5) is 0 Å². The number of fused-ring (bicyclic) bond motifs is 1. The number of methoxy groups -OCH3 is 1. The van der Waals surface area contributed by atoms with Crippen molar-refractivity contribution >= 4 is 17.8 Å². The number of esters is 1. The van der Waals surface area contributed by atoms with Crippen LogP contribution in [0.1, 0.15) is 36.6 Å². The number of carbonyl (C=O) groups excluding carboxylic acids is 3. The summed E-state index contributed by atoms with van der Waals surface area (Å²) < 4.78 is 10.4. The molecule has 0 saturated heterocycles. The Morgan fingerprint density at radius 1 is 1.08 bits per heavy atom. The molecule has 1 heterocycles. The predicted molar refractivity (Wildman–Crippen MR) is 94.1 cm³/mol. The van der Waals surface area contributed by atoms with Gasteiger partial charge >= 0.3 is 5.97 Å². The number of hydrogen-bond acceptors (Lipinski definition) is 5. The van der Waals surface area contributed by atoms with Crippen LogP contribution in [-0.4, -0.2) is 36.3 Å². The first kappa shape index (κ1) is 17.4. The number of ether oxygens (including phenoxy) is 2. The van der Waals surface area contributed by atoms with Gasteiger partial charge in [-0.05, 0) is 35.9 Å². The van der Waals surface area contributed by atoms with E-state index in [0.717, 1.165) is 10.5 Å². The number of benzene rings is 2. The minimum Gasteiger partial charge on any atom is -0.497 e. The molecular weight excluding hydrogens is 334 g/mol. The van der Waals surface area contributed by atoms with Crippen LogP contribution in [0.25, 0.3) is 0 Å². The molecule has 0 fully saturated rings. The van der Waals surface area contributed by atoms with Gasteiger partial charge in [-0.3, -0.25) is 14.5 Å². The molecule has 3 rings (SSSR count). The molecule has 0 spiro atoms. The van der Waals surface area contributed by atoms with Crippen molar-refractivity contribution < 1.29 is 23.9 Å². The second-order valence-corrected chi connectivity index (χ2v) is 5.69. The minimum absolute atomic E-state index is 0.0926. The van der Waals surface area contributed by atoms with Gasteiger partial charge in [0.15, 0.2) is 0 Å². The smallest absolute Gasteiger partial charge is 0.338 e. The summed E-state index contributed by atoms with van der Waals surface area (Å²) in [6.07, 6.45) is 1.48. The molecule has 0 bridgehead atoms. The van der Waals surface area contributed by atoms with Crippen LogP contribution in [0.5, 0.6) is 5.75 Å². The molecule has 0 aliphatic carbocycles. The second-order valence-electron chi connectivity index (χ2n) is 5.69. The van der Waals surface area contributed by atoms with Crippen LogP contribution in [0.3, 0.4) is 0 Å². The molecule has 1 aliphatic heterocycles. The Hall–Kier alpha value is -3.41. The Morgan fingerprint density at radius 2 is 1.77 bits per heavy atom. The van der Waals surface area contributed by atoms with Crippen molar-refractivity contribution in [2.24, 2.45) is 0 Å². The molecular formula is C20H17NO5. The second kappa shape index (κ2) is 7.23. The Balaban J connectivity index is 1.72. The Kier molecular flexibility index (Phi) is 4.84. The van der Waals surface area contributed by atoms with Gasteiger partial charge in [-0.1, -0.05) is 18.2 Å². The van der Waals surface area contributed by atoms with Gasteiger partial charge in [0.2, 0.25) is 0 Å². The van der Waals surface area contributed by atoms with Gasteiger partial charge in [-0.2, -0.15) is 0 Å². The van der Waals surface area contributed by atoms with Crippen molar-refractivity contribution in [1.82, 2.24) is 4.90 Å². The maximum atomic E-state index is 12.3. The number of hydrogen-bond donors (Lipinski definition) is 0. The topological polar surface area (TPSA) is 72.9 Å². The quantitative estimate of drug-likeness (QED) is 0.455. The maximum Gasteiger partial charge on any atom is 0.338 e. The molecule has 6 nitrogen and oxygen atoms in total. The largest absolute Gasteiger partial charge is 0.497 e. The fraction of sp³-hybridized carbons (Fsp3) is 0.150. The van der Waals surface area contributed by atoms with Gasteiger partial charge in [-0.15, -0.1) is 6.58 Å². The Bertz CT molecular complexity index is 886. The standard InChI is InChI=1S/C20H17NO5/c1-3-10-21-18(22)16-9-6-14(11-17(16)19(21)23)20(24)26-12-13-4-7-15(25-2)8-5-13/h3-9,11H,1,10,12H2,2H3. The van der Waals surface area contributed by atoms with E-state index in [-0.39, 0.29) is 35.7 Å². The Labute approximate surface area is 150 Å². The third kappa shape index (κ3) is 3.21. The van der Waals surface area contributed by atoms with E-state index in [1.807, 2.05) is 0 Å². The molecule has 0 N–H and O–H groups in total. The highest BCUT2D eigenvalue weighted by Crippen LogP contribution is 2.24. The summed E-state index contributed by atoms with van der Waals surface area (Å²) in [5.41, 5.74) is 1.52. The first-order valence-corrected chi connectivity index (χ1v) is 7.96. The van der Waals surface area contributed by atoms with E-state index in [0.29, 0.717) is 5.75 Å². The summed E-state index contributed by atoms with van der Waals surface area (Å²) in [6, 6.07) is 11.5. The van der Waals surface area contributed by atoms with E-state index in [2.05, 4.69) is 6.58 Å². The van der Waals surface area contributed by atoms with Crippen molar-refractivity contribution in [3.63, 3.8) is 0 Å². The van der Waals surface area contributed by atoms with Crippen molar-refractivity contribution in [2.45, 2.75) is 6.61 Å². The zero-order chi connectivity index (χ0) is 18.7. The van der Waals surface area contributed by atoms with E-state index in [1.165, 1.54) is 24.3 Å². The molecule has 2 amide bonds. The third-order valence-corrected chi connectivity index (χ3v) is 4.05. The predicted octanol–water partition coefficient (Wildman–Crippen LogP) is 2.83. The highest BCUT2D eigenvalue weighted by atomic mass is 16.5. The Morgan fingerprint density at radius 3 is 2.42 bits per heavy atom. The van der Waals surface area contributed by atoms with Crippen LogP contribution in [-0.2, 0) is 11.3 Å². The third-order valence-electron chi connectivity index (χ3n) is 4.05. The van der Waals surface area contributed by atoms with Crippen LogP contribution < -0.4 is 4.74 Å². The maximum absolute atomic E-state index is 12.3. The van der Waals surface area contributed by atoms with E-state index < -0.39 is 11.9 Å². The molecule has 0 saturated carbocycles. The molecule has 0 atom stereocenters. The molecule has 1 aliphatic rings. The van der Waals surface area contributed by atoms with E-state index in [1.54, 1.807) is 31.4 Å². The van der Waals surface area contributed by atoms with Crippen LogP contribution in [0, 0.1) is 0 Å². The first-order valence-electron chi connectivity index (χ1n) is 7.96. The van der Waals surface area contributed by atoms with Crippen molar-refractivity contribution in [2.75, 3.05) is 13.7 Å². The molecule has 0 unspecified atom stereocenters. The van der Waals surface area contributed by atoms with Crippen LogP contribution >= 0.6 is 0 Å². The van der Waals surface area contributed by atoms with Crippen molar-refractivity contribution in [3.05, 3.63) is 77.4 Å². The number of carbonyl (C=O) groups is 3.